The molecule has 6 nitrogen and oxygen atoms in total. The normalized spacial score (nSPS) is 11.9. The molecule has 0 radical (unpaired) electrons. The molecule has 0 saturated carbocycles. The second-order valence-electron chi connectivity index (χ2n) is 14.5. The van der Waals surface area contributed by atoms with Crippen LogP contribution >= 0.6 is 0 Å². The highest BCUT2D eigenvalue weighted by Crippen LogP contribution is 2.42. The lowest BCUT2D eigenvalue weighted by atomic mass is 10.1. The highest BCUT2D eigenvalue weighted by atomic mass is 15.2. The molecule has 0 atom stereocenters. The number of rotatable bonds is 5. The van der Waals surface area contributed by atoms with Crippen LogP contribution in [0.5, 0.6) is 0 Å². The Balaban J connectivity index is 1.13. The van der Waals surface area contributed by atoms with Gasteiger partial charge in [-0.25, -0.2) is 4.98 Å². The maximum absolute atomic E-state index is 5.27. The van der Waals surface area contributed by atoms with Crippen LogP contribution in [0.15, 0.2) is 194 Å². The Labute approximate surface area is 327 Å². The number of aromatic nitrogens is 6. The Kier molecular flexibility index (Phi) is 6.83. The van der Waals surface area contributed by atoms with E-state index >= 15 is 0 Å². The first kappa shape index (κ1) is 31.5. The van der Waals surface area contributed by atoms with Crippen LogP contribution in [-0.4, -0.2) is 28.7 Å². The molecule has 6 heteroatoms. The maximum atomic E-state index is 5.27. The van der Waals surface area contributed by atoms with Crippen molar-refractivity contribution in [3.63, 3.8) is 0 Å². The molecule has 0 aliphatic rings. The van der Waals surface area contributed by atoms with Crippen molar-refractivity contribution in [3.8, 4) is 40.1 Å². The van der Waals surface area contributed by atoms with Gasteiger partial charge in [0, 0.05) is 54.8 Å². The first-order valence-electron chi connectivity index (χ1n) is 19.2. The fourth-order valence-electron chi connectivity index (χ4n) is 8.86. The minimum atomic E-state index is 0.578. The molecule has 0 spiro atoms. The van der Waals surface area contributed by atoms with Crippen molar-refractivity contribution in [1.29, 1.82) is 0 Å². The quantitative estimate of drug-likeness (QED) is 0.177. The van der Waals surface area contributed by atoms with E-state index in [0.717, 1.165) is 55.3 Å². The second-order valence-corrected chi connectivity index (χ2v) is 14.5. The van der Waals surface area contributed by atoms with Gasteiger partial charge in [0.05, 0.1) is 33.1 Å². The fourth-order valence-corrected chi connectivity index (χ4v) is 8.86. The number of hydrogen-bond donors (Lipinski definition) is 0. The standard InChI is InChI=1S/C51H32N6/c1-3-16-33(17-4-1)49-52-50(54-51(53-49)57-43-27-12-7-22-37(43)38-23-8-13-28-44(38)57)34-18-15-21-36(32-34)56-42-26-11-9-24-39(42)40-30-31-46-47(48(40)56)41-25-10-14-29-45(41)55(46)35-19-5-2-6-20-35/h1-32H. The zero-order valence-electron chi connectivity index (χ0n) is 30.7. The van der Waals surface area contributed by atoms with E-state index in [9.17, 15) is 0 Å². The van der Waals surface area contributed by atoms with Crippen molar-refractivity contribution in [2.45, 2.75) is 0 Å². The van der Waals surface area contributed by atoms with Gasteiger partial charge in [0.25, 0.3) is 0 Å². The minimum Gasteiger partial charge on any atom is -0.309 e. The zero-order valence-corrected chi connectivity index (χ0v) is 30.7. The monoisotopic (exact) mass is 728 g/mol. The van der Waals surface area contributed by atoms with Gasteiger partial charge in [-0.05, 0) is 54.6 Å². The molecule has 0 bridgehead atoms. The highest BCUT2D eigenvalue weighted by molar-refractivity contribution is 6.26. The van der Waals surface area contributed by atoms with Crippen LogP contribution in [0.2, 0.25) is 0 Å². The number of fused-ring (bicyclic) bond motifs is 10. The lowest BCUT2D eigenvalue weighted by Gasteiger charge is -2.13. The molecule has 12 aromatic rings. The molecule has 4 aromatic heterocycles. The van der Waals surface area contributed by atoms with Crippen molar-refractivity contribution < 1.29 is 0 Å². The lowest BCUT2D eigenvalue weighted by Crippen LogP contribution is -2.06. The van der Waals surface area contributed by atoms with E-state index in [4.69, 9.17) is 15.0 Å². The summed E-state index contributed by atoms with van der Waals surface area (Å²) < 4.78 is 6.97. The van der Waals surface area contributed by atoms with Gasteiger partial charge in [0.15, 0.2) is 11.6 Å². The van der Waals surface area contributed by atoms with Crippen molar-refractivity contribution in [1.82, 2.24) is 28.7 Å². The Morgan fingerprint density at radius 2 is 0.789 bits per heavy atom. The van der Waals surface area contributed by atoms with Gasteiger partial charge in [-0.2, -0.15) is 9.97 Å². The van der Waals surface area contributed by atoms with Gasteiger partial charge >= 0.3 is 0 Å². The molecule has 0 aliphatic carbocycles. The third kappa shape index (κ3) is 4.74. The molecular weight excluding hydrogens is 697 g/mol. The average Bonchev–Trinajstić information content (AvgIpc) is 3.93. The molecule has 266 valence electrons. The van der Waals surface area contributed by atoms with E-state index in [1.165, 1.54) is 32.6 Å². The lowest BCUT2D eigenvalue weighted by molar-refractivity contribution is 0.953. The zero-order chi connectivity index (χ0) is 37.5. The van der Waals surface area contributed by atoms with Crippen LogP contribution in [0.3, 0.4) is 0 Å². The van der Waals surface area contributed by atoms with E-state index in [1.54, 1.807) is 0 Å². The van der Waals surface area contributed by atoms with Crippen molar-refractivity contribution in [2.75, 3.05) is 0 Å². The Morgan fingerprint density at radius 3 is 1.46 bits per heavy atom. The Bertz CT molecular complexity index is 3470. The summed E-state index contributed by atoms with van der Waals surface area (Å²) >= 11 is 0. The van der Waals surface area contributed by atoms with Crippen LogP contribution in [0.1, 0.15) is 0 Å². The van der Waals surface area contributed by atoms with Crippen molar-refractivity contribution in [2.24, 2.45) is 0 Å². The maximum Gasteiger partial charge on any atom is 0.238 e. The predicted molar refractivity (Wildman–Crippen MR) is 234 cm³/mol. The van der Waals surface area contributed by atoms with Gasteiger partial charge in [0.2, 0.25) is 5.95 Å². The molecule has 12 rings (SSSR count). The average molecular weight is 729 g/mol. The third-order valence-corrected chi connectivity index (χ3v) is 11.3. The molecular formula is C51H32N6. The fraction of sp³-hybridized carbons (Fsp3) is 0. The van der Waals surface area contributed by atoms with Crippen molar-refractivity contribution >= 4 is 65.4 Å². The van der Waals surface area contributed by atoms with Gasteiger partial charge in [-0.1, -0.05) is 140 Å². The largest absolute Gasteiger partial charge is 0.309 e. The minimum absolute atomic E-state index is 0.578. The molecule has 4 heterocycles. The Morgan fingerprint density at radius 1 is 0.298 bits per heavy atom. The summed E-state index contributed by atoms with van der Waals surface area (Å²) in [6, 6.07) is 68.4. The summed E-state index contributed by atoms with van der Waals surface area (Å²) in [7, 11) is 0. The third-order valence-electron chi connectivity index (χ3n) is 11.3. The summed E-state index contributed by atoms with van der Waals surface area (Å²) in [5, 5.41) is 7.15. The van der Waals surface area contributed by atoms with Gasteiger partial charge in [0.1, 0.15) is 0 Å². The molecule has 0 N–H and O–H groups in total. The number of nitrogens with zero attached hydrogens (tertiary/aromatic N) is 6. The molecule has 0 aliphatic heterocycles. The summed E-state index contributed by atoms with van der Waals surface area (Å²) in [5.41, 5.74) is 10.7. The van der Waals surface area contributed by atoms with E-state index in [-0.39, 0.29) is 0 Å². The van der Waals surface area contributed by atoms with Gasteiger partial charge < -0.3 is 9.13 Å². The second kappa shape index (κ2) is 12.3. The number of para-hydroxylation sites is 5. The number of hydrogen-bond acceptors (Lipinski definition) is 3. The van der Waals surface area contributed by atoms with Crippen LogP contribution in [0.25, 0.3) is 106 Å². The molecule has 0 fully saturated rings. The van der Waals surface area contributed by atoms with E-state index in [1.807, 2.05) is 18.2 Å². The first-order chi connectivity index (χ1) is 28.3. The smallest absolute Gasteiger partial charge is 0.238 e. The van der Waals surface area contributed by atoms with Crippen LogP contribution < -0.4 is 0 Å². The SMILES string of the molecule is c1ccc(-c2nc(-c3cccc(-n4c5ccccc5c5ccc6c(c7ccccc7n6-c6ccccc6)c54)c3)nc(-n3c4ccccc4c4ccccc43)n2)cc1. The molecule has 0 saturated heterocycles. The summed E-state index contributed by atoms with van der Waals surface area (Å²) in [5.74, 6) is 1.80. The van der Waals surface area contributed by atoms with Crippen LogP contribution in [0, 0.1) is 0 Å². The summed E-state index contributed by atoms with van der Waals surface area (Å²) in [6.45, 7) is 0. The highest BCUT2D eigenvalue weighted by Gasteiger charge is 2.22. The topological polar surface area (TPSA) is 53.5 Å². The molecule has 57 heavy (non-hydrogen) atoms. The van der Waals surface area contributed by atoms with Crippen LogP contribution in [0.4, 0.5) is 0 Å². The first-order valence-corrected chi connectivity index (χ1v) is 19.2. The predicted octanol–water partition coefficient (Wildman–Crippen LogP) is 12.5. The molecule has 8 aromatic carbocycles. The van der Waals surface area contributed by atoms with Gasteiger partial charge in [-0.3, -0.25) is 4.57 Å². The van der Waals surface area contributed by atoms with Crippen LogP contribution in [-0.2, 0) is 0 Å². The molecule has 0 unspecified atom stereocenters. The van der Waals surface area contributed by atoms with Crippen molar-refractivity contribution in [3.05, 3.63) is 194 Å². The van der Waals surface area contributed by atoms with Gasteiger partial charge in [-0.15, -0.1) is 0 Å². The van der Waals surface area contributed by atoms with E-state index in [0.29, 0.717) is 17.6 Å². The summed E-state index contributed by atoms with van der Waals surface area (Å²) in [4.78, 5) is 15.6. The van der Waals surface area contributed by atoms with E-state index in [2.05, 4.69) is 190 Å². The summed E-state index contributed by atoms with van der Waals surface area (Å²) in [6.07, 6.45) is 0. The number of benzene rings is 8. The Hall–Kier alpha value is -7.83. The van der Waals surface area contributed by atoms with E-state index < -0.39 is 0 Å². The molecule has 0 amide bonds.